The first-order chi connectivity index (χ1) is 15.2. The Hall–Kier alpha value is -2.53. The fourth-order valence-corrected chi connectivity index (χ4v) is 6.41. The SMILES string of the molecule is Cc1ccc(N(C(=O)c2ccc(S(=O)(=O)N3CCOCC3)cc2)[C@H]2C=CS(=O)(=O)C2)cc1. The number of aryl methyl sites for hydroxylation is 1. The number of carbonyl (C=O) groups excluding carboxylic acids is 1. The first kappa shape index (κ1) is 22.7. The van der Waals surface area contributed by atoms with Crippen LogP contribution in [0.15, 0.2) is 64.9 Å². The molecule has 2 aliphatic heterocycles. The third-order valence-electron chi connectivity index (χ3n) is 5.48. The average molecular weight is 477 g/mol. The van der Waals surface area contributed by atoms with E-state index < -0.39 is 31.8 Å². The molecule has 8 nitrogen and oxygen atoms in total. The summed E-state index contributed by atoms with van der Waals surface area (Å²) in [6, 6.07) is 12.3. The molecule has 10 heteroatoms. The number of hydrogen-bond donors (Lipinski definition) is 0. The van der Waals surface area contributed by atoms with Crippen LogP contribution in [0.2, 0.25) is 0 Å². The molecule has 170 valence electrons. The third-order valence-corrected chi connectivity index (χ3v) is 8.77. The van der Waals surface area contributed by atoms with Gasteiger partial charge in [-0.2, -0.15) is 4.31 Å². The van der Waals surface area contributed by atoms with E-state index in [1.165, 1.54) is 39.5 Å². The summed E-state index contributed by atoms with van der Waals surface area (Å²) in [7, 11) is -7.06. The minimum absolute atomic E-state index is 0.0983. The third kappa shape index (κ3) is 4.63. The van der Waals surface area contributed by atoms with Crippen LogP contribution in [0.4, 0.5) is 5.69 Å². The highest BCUT2D eigenvalue weighted by Crippen LogP contribution is 2.26. The van der Waals surface area contributed by atoms with E-state index in [4.69, 9.17) is 4.74 Å². The predicted octanol–water partition coefficient (Wildman–Crippen LogP) is 1.97. The van der Waals surface area contributed by atoms with Gasteiger partial charge in [-0.15, -0.1) is 0 Å². The van der Waals surface area contributed by atoms with Gasteiger partial charge in [-0.25, -0.2) is 16.8 Å². The molecule has 2 aliphatic rings. The number of sulfone groups is 1. The quantitative estimate of drug-likeness (QED) is 0.654. The summed E-state index contributed by atoms with van der Waals surface area (Å²) in [5, 5.41) is 1.13. The molecule has 0 bridgehead atoms. The standard InChI is InChI=1S/C22H24N2O6S2/c1-17-2-6-19(7-3-17)24(20-10-15-31(26,27)16-20)22(25)18-4-8-21(9-5-18)32(28,29)23-11-13-30-14-12-23/h2-10,15,20H,11-14,16H2,1H3/t20-/m0/s1. The van der Waals surface area contributed by atoms with Gasteiger partial charge in [-0.05, 0) is 49.4 Å². The molecule has 1 atom stereocenters. The Kier molecular flexibility index (Phi) is 6.22. The van der Waals surface area contributed by atoms with Crippen molar-refractivity contribution < 1.29 is 26.4 Å². The average Bonchev–Trinajstić information content (AvgIpc) is 3.15. The summed E-state index contributed by atoms with van der Waals surface area (Å²) in [6.07, 6.45) is 1.50. The number of anilines is 1. The second-order valence-electron chi connectivity index (χ2n) is 7.78. The molecule has 1 amide bonds. The van der Waals surface area contributed by atoms with Crippen molar-refractivity contribution in [3.8, 4) is 0 Å². The zero-order valence-electron chi connectivity index (χ0n) is 17.5. The van der Waals surface area contributed by atoms with Gasteiger partial charge in [0, 0.05) is 29.7 Å². The number of amides is 1. The van der Waals surface area contributed by atoms with E-state index in [-0.39, 0.29) is 29.3 Å². The molecular formula is C22H24N2O6S2. The topological polar surface area (TPSA) is 101 Å². The lowest BCUT2D eigenvalue weighted by Gasteiger charge is -2.28. The van der Waals surface area contributed by atoms with E-state index in [9.17, 15) is 21.6 Å². The first-order valence-electron chi connectivity index (χ1n) is 10.2. The van der Waals surface area contributed by atoms with Crippen molar-refractivity contribution in [2.24, 2.45) is 0 Å². The van der Waals surface area contributed by atoms with Crippen LogP contribution < -0.4 is 4.90 Å². The summed E-state index contributed by atoms with van der Waals surface area (Å²) >= 11 is 0. The van der Waals surface area contributed by atoms with Gasteiger partial charge in [0.05, 0.1) is 29.9 Å². The van der Waals surface area contributed by atoms with E-state index in [1.54, 1.807) is 12.1 Å². The molecule has 0 saturated carbocycles. The number of morpholine rings is 1. The monoisotopic (exact) mass is 476 g/mol. The minimum atomic E-state index is -3.67. The van der Waals surface area contributed by atoms with Crippen LogP contribution in [0, 0.1) is 6.92 Å². The zero-order chi connectivity index (χ0) is 22.9. The van der Waals surface area contributed by atoms with Gasteiger partial charge >= 0.3 is 0 Å². The lowest BCUT2D eigenvalue weighted by atomic mass is 10.1. The number of carbonyl (C=O) groups is 1. The molecule has 2 aromatic rings. The lowest BCUT2D eigenvalue weighted by Crippen LogP contribution is -2.41. The minimum Gasteiger partial charge on any atom is -0.379 e. The summed E-state index contributed by atoms with van der Waals surface area (Å²) in [6.45, 7) is 3.18. The van der Waals surface area contributed by atoms with Crippen molar-refractivity contribution in [1.29, 1.82) is 0 Å². The van der Waals surface area contributed by atoms with Gasteiger partial charge in [-0.3, -0.25) is 4.79 Å². The van der Waals surface area contributed by atoms with Crippen molar-refractivity contribution in [1.82, 2.24) is 4.31 Å². The molecule has 0 N–H and O–H groups in total. The number of nitrogens with zero attached hydrogens (tertiary/aromatic N) is 2. The number of sulfonamides is 1. The van der Waals surface area contributed by atoms with E-state index >= 15 is 0 Å². The molecule has 0 aliphatic carbocycles. The molecule has 0 radical (unpaired) electrons. The first-order valence-corrected chi connectivity index (χ1v) is 13.3. The van der Waals surface area contributed by atoms with Gasteiger partial charge in [0.2, 0.25) is 10.0 Å². The van der Waals surface area contributed by atoms with Crippen LogP contribution in [0.25, 0.3) is 0 Å². The molecule has 32 heavy (non-hydrogen) atoms. The molecule has 2 aromatic carbocycles. The predicted molar refractivity (Wildman–Crippen MR) is 121 cm³/mol. The highest BCUT2D eigenvalue weighted by Gasteiger charge is 2.32. The molecule has 0 spiro atoms. The highest BCUT2D eigenvalue weighted by molar-refractivity contribution is 7.94. The molecule has 2 heterocycles. The molecule has 1 saturated heterocycles. The zero-order valence-corrected chi connectivity index (χ0v) is 19.2. The number of ether oxygens (including phenoxy) is 1. The largest absolute Gasteiger partial charge is 0.379 e. The fraction of sp³-hybridized carbons (Fsp3) is 0.318. The maximum atomic E-state index is 13.4. The van der Waals surface area contributed by atoms with Gasteiger partial charge in [0.15, 0.2) is 9.84 Å². The number of hydrogen-bond acceptors (Lipinski definition) is 6. The Labute approximate surface area is 188 Å². The van der Waals surface area contributed by atoms with Crippen molar-refractivity contribution in [3.63, 3.8) is 0 Å². The molecule has 1 fully saturated rings. The van der Waals surface area contributed by atoms with Crippen LogP contribution in [-0.4, -0.2) is 65.1 Å². The van der Waals surface area contributed by atoms with Crippen LogP contribution in [0.5, 0.6) is 0 Å². The Morgan fingerprint density at radius 1 is 1.03 bits per heavy atom. The molecule has 0 aromatic heterocycles. The highest BCUT2D eigenvalue weighted by atomic mass is 32.2. The molecular weight excluding hydrogens is 452 g/mol. The van der Waals surface area contributed by atoms with Gasteiger partial charge in [-0.1, -0.05) is 17.7 Å². The van der Waals surface area contributed by atoms with Crippen LogP contribution >= 0.6 is 0 Å². The molecule has 0 unspecified atom stereocenters. The lowest BCUT2D eigenvalue weighted by molar-refractivity contribution is 0.0730. The Morgan fingerprint density at radius 2 is 1.66 bits per heavy atom. The second-order valence-corrected chi connectivity index (χ2v) is 11.6. The van der Waals surface area contributed by atoms with Crippen molar-refractivity contribution >= 4 is 31.5 Å². The maximum absolute atomic E-state index is 13.4. The van der Waals surface area contributed by atoms with Gasteiger partial charge in [0.25, 0.3) is 5.91 Å². The summed E-state index contributed by atoms with van der Waals surface area (Å²) in [5.41, 5.74) is 1.84. The van der Waals surface area contributed by atoms with Crippen LogP contribution in [-0.2, 0) is 24.6 Å². The smallest absolute Gasteiger partial charge is 0.258 e. The van der Waals surface area contributed by atoms with E-state index in [1.807, 2.05) is 19.1 Å². The van der Waals surface area contributed by atoms with Gasteiger partial charge in [0.1, 0.15) is 0 Å². The Morgan fingerprint density at radius 3 is 2.22 bits per heavy atom. The van der Waals surface area contributed by atoms with E-state index in [0.29, 0.717) is 18.9 Å². The normalized spacial score (nSPS) is 20.8. The maximum Gasteiger partial charge on any atom is 0.258 e. The number of rotatable bonds is 5. The van der Waals surface area contributed by atoms with Crippen LogP contribution in [0.1, 0.15) is 15.9 Å². The van der Waals surface area contributed by atoms with Crippen molar-refractivity contribution in [2.75, 3.05) is 37.0 Å². The van der Waals surface area contributed by atoms with E-state index in [2.05, 4.69) is 0 Å². The molecule has 4 rings (SSSR count). The summed E-state index contributed by atoms with van der Waals surface area (Å²) < 4.78 is 56.2. The summed E-state index contributed by atoms with van der Waals surface area (Å²) in [4.78, 5) is 14.9. The Balaban J connectivity index is 1.64. The second kappa shape index (κ2) is 8.78. The Bertz CT molecular complexity index is 1230. The van der Waals surface area contributed by atoms with Crippen molar-refractivity contribution in [2.45, 2.75) is 17.9 Å². The van der Waals surface area contributed by atoms with Gasteiger partial charge < -0.3 is 9.64 Å². The number of benzene rings is 2. The van der Waals surface area contributed by atoms with Crippen LogP contribution in [0.3, 0.4) is 0 Å². The van der Waals surface area contributed by atoms with Crippen molar-refractivity contribution in [3.05, 3.63) is 71.1 Å². The van der Waals surface area contributed by atoms with E-state index in [0.717, 1.165) is 11.0 Å². The fourth-order valence-electron chi connectivity index (χ4n) is 3.73. The summed E-state index contributed by atoms with van der Waals surface area (Å²) in [5.74, 6) is -0.605.